The molecule has 2 aromatic carbocycles. The maximum absolute atomic E-state index is 13.2. The molecule has 0 amide bonds. The predicted molar refractivity (Wildman–Crippen MR) is 86.8 cm³/mol. The van der Waals surface area contributed by atoms with Crippen LogP contribution in [0.25, 0.3) is 0 Å². The molecule has 0 spiro atoms. The van der Waals surface area contributed by atoms with Crippen LogP contribution in [0.15, 0.2) is 42.5 Å². The maximum atomic E-state index is 13.2. The van der Waals surface area contributed by atoms with Crippen LogP contribution in [0.3, 0.4) is 0 Å². The first-order valence-corrected chi connectivity index (χ1v) is 6.92. The normalized spacial score (nSPS) is 10.2. The molecular weight excluding hydrogens is 271 g/mol. The summed E-state index contributed by atoms with van der Waals surface area (Å²) in [6, 6.07) is 12.9. The highest BCUT2D eigenvalue weighted by Gasteiger charge is 2.02. The van der Waals surface area contributed by atoms with Crippen LogP contribution in [0.5, 0.6) is 0 Å². The summed E-state index contributed by atoms with van der Waals surface area (Å²) in [6.07, 6.45) is 1.01. The Balaban J connectivity index is 1.99. The number of nitrogens with one attached hydrogen (secondary N) is 2. The van der Waals surface area contributed by atoms with E-state index in [1.54, 1.807) is 19.1 Å². The third kappa shape index (κ3) is 3.78. The van der Waals surface area contributed by atoms with Gasteiger partial charge in [0, 0.05) is 11.4 Å². The molecule has 2 aromatic rings. The van der Waals surface area contributed by atoms with Crippen molar-refractivity contribution in [2.75, 3.05) is 10.6 Å². The maximum Gasteiger partial charge on any atom is 0.175 e. The number of hydrogen-bond acceptors (Lipinski definition) is 1. The highest BCUT2D eigenvalue weighted by molar-refractivity contribution is 7.80. The van der Waals surface area contributed by atoms with Gasteiger partial charge >= 0.3 is 0 Å². The average Bonchev–Trinajstić information content (AvgIpc) is 2.44. The van der Waals surface area contributed by atoms with Crippen molar-refractivity contribution >= 4 is 28.7 Å². The van der Waals surface area contributed by atoms with Gasteiger partial charge in [-0.3, -0.25) is 0 Å². The number of halogens is 1. The highest BCUT2D eigenvalue weighted by Crippen LogP contribution is 2.15. The van der Waals surface area contributed by atoms with E-state index in [-0.39, 0.29) is 5.82 Å². The van der Waals surface area contributed by atoms with Gasteiger partial charge in [0.2, 0.25) is 0 Å². The first-order valence-electron chi connectivity index (χ1n) is 6.51. The molecule has 2 N–H and O–H groups in total. The Labute approximate surface area is 124 Å². The summed E-state index contributed by atoms with van der Waals surface area (Å²) in [5.41, 5.74) is 3.57. The van der Waals surface area contributed by atoms with Crippen LogP contribution in [0, 0.1) is 12.7 Å². The second-order valence-electron chi connectivity index (χ2n) is 4.59. The fourth-order valence-corrected chi connectivity index (χ4v) is 2.08. The minimum atomic E-state index is -0.218. The number of hydrogen-bond donors (Lipinski definition) is 2. The van der Waals surface area contributed by atoms with Gasteiger partial charge in [0.25, 0.3) is 0 Å². The van der Waals surface area contributed by atoms with Crippen LogP contribution in [0.1, 0.15) is 18.1 Å². The van der Waals surface area contributed by atoms with Crippen molar-refractivity contribution < 1.29 is 4.39 Å². The van der Waals surface area contributed by atoms with Crippen molar-refractivity contribution in [3.8, 4) is 0 Å². The quantitative estimate of drug-likeness (QED) is 0.813. The summed E-state index contributed by atoms with van der Waals surface area (Å²) in [5.74, 6) is -0.218. The van der Waals surface area contributed by atoms with E-state index in [9.17, 15) is 4.39 Å². The van der Waals surface area contributed by atoms with Crippen molar-refractivity contribution in [3.05, 3.63) is 59.4 Å². The van der Waals surface area contributed by atoms with Crippen molar-refractivity contribution in [3.63, 3.8) is 0 Å². The molecule has 0 saturated heterocycles. The second-order valence-corrected chi connectivity index (χ2v) is 5.00. The molecule has 0 bridgehead atoms. The smallest absolute Gasteiger partial charge is 0.175 e. The van der Waals surface area contributed by atoms with Gasteiger partial charge in [0.1, 0.15) is 5.82 Å². The summed E-state index contributed by atoms with van der Waals surface area (Å²) < 4.78 is 13.2. The van der Waals surface area contributed by atoms with Gasteiger partial charge in [-0.1, -0.05) is 19.1 Å². The second kappa shape index (κ2) is 6.48. The molecular formula is C16H17FN2S. The van der Waals surface area contributed by atoms with Crippen LogP contribution in [0.2, 0.25) is 0 Å². The number of anilines is 2. The number of aryl methyl sites for hydroxylation is 2. The average molecular weight is 288 g/mol. The molecule has 0 atom stereocenters. The lowest BCUT2D eigenvalue weighted by molar-refractivity contribution is 0.619. The van der Waals surface area contributed by atoms with Crippen LogP contribution < -0.4 is 10.6 Å². The molecule has 20 heavy (non-hydrogen) atoms. The highest BCUT2D eigenvalue weighted by atomic mass is 32.1. The molecule has 2 nitrogen and oxygen atoms in total. The molecule has 4 heteroatoms. The first-order chi connectivity index (χ1) is 9.58. The predicted octanol–water partition coefficient (Wildman–Crippen LogP) is 4.51. The Hall–Kier alpha value is -1.94. The molecule has 0 radical (unpaired) electrons. The minimum absolute atomic E-state index is 0.218. The van der Waals surface area contributed by atoms with Gasteiger partial charge < -0.3 is 10.6 Å². The zero-order valence-electron chi connectivity index (χ0n) is 11.5. The standard InChI is InChI=1S/C16H17FN2S/c1-3-12-4-6-13(7-5-12)18-16(20)19-14-8-9-15(17)11(2)10-14/h4-10H,3H2,1-2H3,(H2,18,19,20). The van der Waals surface area contributed by atoms with Crippen molar-refractivity contribution in [2.45, 2.75) is 20.3 Å². The first kappa shape index (κ1) is 14.5. The Morgan fingerprint density at radius 2 is 1.65 bits per heavy atom. The zero-order valence-corrected chi connectivity index (χ0v) is 12.4. The lowest BCUT2D eigenvalue weighted by Crippen LogP contribution is -2.19. The largest absolute Gasteiger partial charge is 0.332 e. The van der Waals surface area contributed by atoms with Crippen LogP contribution in [-0.4, -0.2) is 5.11 Å². The van der Waals surface area contributed by atoms with Gasteiger partial charge in [-0.2, -0.15) is 0 Å². The Morgan fingerprint density at radius 3 is 2.25 bits per heavy atom. The fourth-order valence-electron chi connectivity index (χ4n) is 1.84. The molecule has 0 aliphatic heterocycles. The van der Waals surface area contributed by atoms with Crippen molar-refractivity contribution in [2.24, 2.45) is 0 Å². The van der Waals surface area contributed by atoms with E-state index in [0.717, 1.165) is 17.8 Å². The van der Waals surface area contributed by atoms with E-state index in [1.807, 2.05) is 12.1 Å². The van der Waals surface area contributed by atoms with Crippen LogP contribution in [-0.2, 0) is 6.42 Å². The van der Waals surface area contributed by atoms with Gasteiger partial charge in [-0.15, -0.1) is 0 Å². The molecule has 0 aliphatic rings. The van der Waals surface area contributed by atoms with Crippen molar-refractivity contribution in [1.29, 1.82) is 0 Å². The molecule has 0 unspecified atom stereocenters. The Morgan fingerprint density at radius 1 is 1.05 bits per heavy atom. The SMILES string of the molecule is CCc1ccc(NC(=S)Nc2ccc(F)c(C)c2)cc1. The summed E-state index contributed by atoms with van der Waals surface area (Å²) in [6.45, 7) is 3.84. The molecule has 2 rings (SSSR count). The third-order valence-corrected chi connectivity index (χ3v) is 3.24. The fraction of sp³-hybridized carbons (Fsp3) is 0.188. The van der Waals surface area contributed by atoms with Crippen LogP contribution >= 0.6 is 12.2 Å². The Bertz CT molecular complexity index is 608. The summed E-state index contributed by atoms with van der Waals surface area (Å²) in [4.78, 5) is 0. The molecule has 0 fully saturated rings. The van der Waals surface area contributed by atoms with Gasteiger partial charge in [0.05, 0.1) is 0 Å². The van der Waals surface area contributed by atoms with E-state index in [4.69, 9.17) is 12.2 Å². The molecule has 0 aliphatic carbocycles. The zero-order chi connectivity index (χ0) is 14.5. The number of benzene rings is 2. The molecule has 0 aromatic heterocycles. The van der Waals surface area contributed by atoms with Gasteiger partial charge in [-0.25, -0.2) is 4.39 Å². The van der Waals surface area contributed by atoms with Crippen molar-refractivity contribution in [1.82, 2.24) is 0 Å². The van der Waals surface area contributed by atoms with Crippen LogP contribution in [0.4, 0.5) is 15.8 Å². The van der Waals surface area contributed by atoms with E-state index in [1.165, 1.54) is 11.6 Å². The minimum Gasteiger partial charge on any atom is -0.332 e. The molecule has 104 valence electrons. The lowest BCUT2D eigenvalue weighted by atomic mass is 10.1. The van der Waals surface area contributed by atoms with Gasteiger partial charge in [0.15, 0.2) is 5.11 Å². The van der Waals surface area contributed by atoms with E-state index >= 15 is 0 Å². The summed E-state index contributed by atoms with van der Waals surface area (Å²) in [7, 11) is 0. The topological polar surface area (TPSA) is 24.1 Å². The summed E-state index contributed by atoms with van der Waals surface area (Å²) in [5, 5.41) is 6.63. The van der Waals surface area contributed by atoms with E-state index in [2.05, 4.69) is 29.7 Å². The van der Waals surface area contributed by atoms with E-state index in [0.29, 0.717) is 10.7 Å². The number of rotatable bonds is 3. The summed E-state index contributed by atoms with van der Waals surface area (Å²) >= 11 is 5.24. The monoisotopic (exact) mass is 288 g/mol. The van der Waals surface area contributed by atoms with Gasteiger partial charge in [-0.05, 0) is 67.0 Å². The lowest BCUT2D eigenvalue weighted by Gasteiger charge is -2.11. The third-order valence-electron chi connectivity index (χ3n) is 3.04. The molecule has 0 heterocycles. The van der Waals surface area contributed by atoms with E-state index < -0.39 is 0 Å². The number of thiocarbonyl (C=S) groups is 1. The molecule has 0 saturated carbocycles. The Kier molecular flexibility index (Phi) is 4.69.